The predicted octanol–water partition coefficient (Wildman–Crippen LogP) is 4.78. The van der Waals surface area contributed by atoms with Crippen LogP contribution >= 0.6 is 11.3 Å². The summed E-state index contributed by atoms with van der Waals surface area (Å²) in [5, 5.41) is 4.73. The molecule has 1 N–H and O–H groups in total. The zero-order valence-electron chi connectivity index (χ0n) is 18.6. The number of para-hydroxylation sites is 1. The summed E-state index contributed by atoms with van der Waals surface area (Å²) in [7, 11) is 0. The molecule has 0 atom stereocenters. The Morgan fingerprint density at radius 2 is 1.67 bits per heavy atom. The third-order valence-corrected chi connectivity index (χ3v) is 6.66. The van der Waals surface area contributed by atoms with Crippen LogP contribution in [0.15, 0.2) is 75.6 Å². The van der Waals surface area contributed by atoms with Gasteiger partial charge in [-0.3, -0.25) is 18.7 Å². The number of anilines is 1. The summed E-state index contributed by atoms with van der Waals surface area (Å²) in [6.45, 7) is 2.80. The number of rotatable bonds is 9. The predicted molar refractivity (Wildman–Crippen MR) is 134 cm³/mol. The largest absolute Gasteiger partial charge is 0.331 e. The van der Waals surface area contributed by atoms with E-state index in [1.54, 1.807) is 4.57 Å². The van der Waals surface area contributed by atoms with E-state index in [1.807, 2.05) is 73.0 Å². The van der Waals surface area contributed by atoms with E-state index >= 15 is 0 Å². The molecule has 2 heterocycles. The molecule has 0 fully saturated rings. The number of unbranched alkanes of at least 4 members (excludes halogenated alkanes) is 2. The second-order valence-electron chi connectivity index (χ2n) is 8.11. The number of nitrogens with zero attached hydrogens (tertiary/aromatic N) is 2. The van der Waals surface area contributed by atoms with Crippen molar-refractivity contribution in [1.82, 2.24) is 9.13 Å². The number of aromatic nitrogens is 2. The van der Waals surface area contributed by atoms with Gasteiger partial charge in [0, 0.05) is 18.7 Å². The lowest BCUT2D eigenvalue weighted by molar-refractivity contribution is -0.116. The van der Waals surface area contributed by atoms with Gasteiger partial charge in [0.2, 0.25) is 5.91 Å². The summed E-state index contributed by atoms with van der Waals surface area (Å²) in [5.74, 6) is -0.0287. The first-order valence-electron chi connectivity index (χ1n) is 11.1. The molecule has 0 saturated carbocycles. The molecule has 1 amide bonds. The van der Waals surface area contributed by atoms with Crippen LogP contribution in [-0.2, 0) is 17.9 Å². The average molecular weight is 462 g/mol. The smallest absolute Gasteiger partial charge is 0.326 e. The van der Waals surface area contributed by atoms with Gasteiger partial charge in [0.25, 0.3) is 5.56 Å². The van der Waals surface area contributed by atoms with E-state index in [9.17, 15) is 14.4 Å². The molecule has 4 aromatic rings. The maximum atomic E-state index is 13.3. The van der Waals surface area contributed by atoms with Crippen molar-refractivity contribution in [3.63, 3.8) is 0 Å². The van der Waals surface area contributed by atoms with E-state index < -0.39 is 0 Å². The Morgan fingerprint density at radius 3 is 2.45 bits per heavy atom. The summed E-state index contributed by atoms with van der Waals surface area (Å²) in [4.78, 5) is 38.3. The van der Waals surface area contributed by atoms with Crippen LogP contribution in [0, 0.1) is 6.92 Å². The van der Waals surface area contributed by atoms with Gasteiger partial charge in [0.15, 0.2) is 0 Å². The maximum Gasteiger partial charge on any atom is 0.331 e. The van der Waals surface area contributed by atoms with Gasteiger partial charge in [-0.15, -0.1) is 11.3 Å². The minimum atomic E-state index is -0.282. The van der Waals surface area contributed by atoms with Crippen LogP contribution in [-0.4, -0.2) is 15.0 Å². The van der Waals surface area contributed by atoms with Gasteiger partial charge in [0.05, 0.1) is 12.1 Å². The Labute approximate surface area is 196 Å². The number of carbonyl (C=O) groups is 1. The highest BCUT2D eigenvalue weighted by Crippen LogP contribution is 2.18. The zero-order valence-corrected chi connectivity index (χ0v) is 19.4. The van der Waals surface area contributed by atoms with Crippen molar-refractivity contribution >= 4 is 33.1 Å². The molecule has 0 saturated heterocycles. The summed E-state index contributed by atoms with van der Waals surface area (Å²) in [5.41, 5.74) is 3.13. The number of fused-ring (bicyclic) bond motifs is 1. The highest BCUT2D eigenvalue weighted by atomic mass is 32.1. The van der Waals surface area contributed by atoms with Crippen molar-refractivity contribution in [2.75, 3.05) is 5.32 Å². The second-order valence-corrected chi connectivity index (χ2v) is 9.03. The Hall–Kier alpha value is -3.45. The highest BCUT2D eigenvalue weighted by Gasteiger charge is 2.15. The lowest BCUT2D eigenvalue weighted by Gasteiger charge is -2.13. The van der Waals surface area contributed by atoms with Gasteiger partial charge < -0.3 is 5.32 Å². The number of hydrogen-bond donors (Lipinski definition) is 1. The fourth-order valence-corrected chi connectivity index (χ4v) is 4.76. The van der Waals surface area contributed by atoms with Crippen LogP contribution in [0.4, 0.5) is 5.69 Å². The van der Waals surface area contributed by atoms with Gasteiger partial charge in [-0.1, -0.05) is 48.9 Å². The monoisotopic (exact) mass is 461 g/mol. The van der Waals surface area contributed by atoms with Crippen LogP contribution in [0.1, 0.15) is 36.8 Å². The first kappa shape index (κ1) is 22.7. The van der Waals surface area contributed by atoms with E-state index in [0.29, 0.717) is 42.6 Å². The van der Waals surface area contributed by atoms with E-state index in [2.05, 4.69) is 5.32 Å². The first-order chi connectivity index (χ1) is 16.0. The first-order valence-corrected chi connectivity index (χ1v) is 12.0. The minimum absolute atomic E-state index is 0.0287. The molecule has 2 aromatic carbocycles. The Kier molecular flexibility index (Phi) is 7.19. The molecule has 0 aliphatic rings. The summed E-state index contributed by atoms with van der Waals surface area (Å²) in [6, 6.07) is 19.2. The van der Waals surface area contributed by atoms with Gasteiger partial charge in [-0.2, -0.15) is 0 Å². The maximum absolute atomic E-state index is 13.3. The number of hydrogen-bond acceptors (Lipinski definition) is 4. The average Bonchev–Trinajstić information content (AvgIpc) is 3.30. The number of aryl methyl sites for hydroxylation is 1. The van der Waals surface area contributed by atoms with Gasteiger partial charge in [-0.05, 0) is 54.5 Å². The van der Waals surface area contributed by atoms with Gasteiger partial charge in [-0.25, -0.2) is 4.79 Å². The van der Waals surface area contributed by atoms with Crippen molar-refractivity contribution in [1.29, 1.82) is 0 Å². The van der Waals surface area contributed by atoms with Crippen LogP contribution < -0.4 is 16.6 Å². The van der Waals surface area contributed by atoms with E-state index in [-0.39, 0.29) is 17.2 Å². The summed E-state index contributed by atoms with van der Waals surface area (Å²) in [6.07, 6.45) is 2.53. The van der Waals surface area contributed by atoms with E-state index in [0.717, 1.165) is 23.2 Å². The van der Waals surface area contributed by atoms with Gasteiger partial charge >= 0.3 is 5.69 Å². The van der Waals surface area contributed by atoms with Crippen LogP contribution in [0.25, 0.3) is 10.2 Å². The molecule has 0 unspecified atom stereocenters. The highest BCUT2D eigenvalue weighted by molar-refractivity contribution is 7.17. The molecular weight excluding hydrogens is 434 g/mol. The Balaban J connectivity index is 1.42. The third kappa shape index (κ3) is 5.31. The Morgan fingerprint density at radius 1 is 0.909 bits per heavy atom. The number of thiophene rings is 1. The molecule has 33 heavy (non-hydrogen) atoms. The van der Waals surface area contributed by atoms with Crippen molar-refractivity contribution in [2.24, 2.45) is 0 Å². The zero-order chi connectivity index (χ0) is 23.2. The molecule has 2 aromatic heterocycles. The standard InChI is InChI=1S/C26H27N3O3S/c1-19-10-7-8-11-20(19)18-29-22-15-17-33-24(22)25(31)28(26(29)32)16-9-3-6-14-23(30)27-21-12-4-2-5-13-21/h2,4-5,7-8,10-13,15,17H,3,6,9,14,16,18H2,1H3,(H,27,30). The number of benzene rings is 2. The van der Waals surface area contributed by atoms with Crippen LogP contribution in [0.3, 0.4) is 0 Å². The lowest BCUT2D eigenvalue weighted by atomic mass is 10.1. The molecule has 7 heteroatoms. The van der Waals surface area contributed by atoms with Gasteiger partial charge in [0.1, 0.15) is 4.70 Å². The second kappa shape index (κ2) is 10.4. The van der Waals surface area contributed by atoms with E-state index in [1.165, 1.54) is 15.9 Å². The number of amides is 1. The van der Waals surface area contributed by atoms with Crippen molar-refractivity contribution in [3.05, 3.63) is 98.0 Å². The summed E-state index contributed by atoms with van der Waals surface area (Å²) < 4.78 is 3.65. The number of carbonyl (C=O) groups excluding carboxylic acids is 1. The molecule has 0 spiro atoms. The molecular formula is C26H27N3O3S. The topological polar surface area (TPSA) is 73.1 Å². The van der Waals surface area contributed by atoms with Crippen LogP contribution in [0.2, 0.25) is 0 Å². The third-order valence-electron chi connectivity index (χ3n) is 5.77. The molecule has 0 radical (unpaired) electrons. The summed E-state index contributed by atoms with van der Waals surface area (Å²) >= 11 is 1.37. The van der Waals surface area contributed by atoms with Crippen molar-refractivity contribution in [2.45, 2.75) is 45.7 Å². The molecule has 6 nitrogen and oxygen atoms in total. The molecule has 0 bridgehead atoms. The Bertz CT molecular complexity index is 1370. The van der Waals surface area contributed by atoms with Crippen LogP contribution in [0.5, 0.6) is 0 Å². The molecule has 4 rings (SSSR count). The van der Waals surface area contributed by atoms with Crippen molar-refractivity contribution in [3.8, 4) is 0 Å². The normalized spacial score (nSPS) is 11.1. The fourth-order valence-electron chi connectivity index (χ4n) is 3.92. The fraction of sp³-hybridized carbons (Fsp3) is 0.269. The van der Waals surface area contributed by atoms with E-state index in [4.69, 9.17) is 0 Å². The quantitative estimate of drug-likeness (QED) is 0.365. The molecule has 170 valence electrons. The van der Waals surface area contributed by atoms with Crippen molar-refractivity contribution < 1.29 is 4.79 Å². The lowest BCUT2D eigenvalue weighted by Crippen LogP contribution is -2.39. The number of nitrogens with one attached hydrogen (secondary N) is 1. The SMILES string of the molecule is Cc1ccccc1Cn1c(=O)n(CCCCCC(=O)Nc2ccccc2)c(=O)c2sccc21. The minimum Gasteiger partial charge on any atom is -0.326 e. The molecule has 0 aliphatic carbocycles. The molecule has 0 aliphatic heterocycles.